The summed E-state index contributed by atoms with van der Waals surface area (Å²) >= 11 is 12.8. The summed E-state index contributed by atoms with van der Waals surface area (Å²) in [6, 6.07) is 7.61. The van der Waals surface area contributed by atoms with Gasteiger partial charge in [-0.1, -0.05) is 29.3 Å². The molecule has 108 valence electrons. The number of phenols is 1. The molecule has 0 saturated heterocycles. The van der Waals surface area contributed by atoms with Crippen LogP contribution in [0.2, 0.25) is 10.0 Å². The third-order valence-electron chi connectivity index (χ3n) is 5.26. The van der Waals surface area contributed by atoms with Crippen LogP contribution in [0.5, 0.6) is 5.75 Å². The monoisotopic (exact) mass is 318 g/mol. The molecular formula is C18H16Cl2O. The maximum absolute atomic E-state index is 10.5. The molecule has 2 aliphatic carbocycles. The number of aromatic hydroxyl groups is 1. The van der Waals surface area contributed by atoms with Gasteiger partial charge in [-0.25, -0.2) is 0 Å². The summed E-state index contributed by atoms with van der Waals surface area (Å²) in [5.74, 6) is 0.374. The van der Waals surface area contributed by atoms with Crippen molar-refractivity contribution >= 4 is 23.2 Å². The zero-order valence-electron chi connectivity index (χ0n) is 11.8. The highest BCUT2D eigenvalue weighted by molar-refractivity contribution is 6.32. The predicted molar refractivity (Wildman–Crippen MR) is 86.7 cm³/mol. The van der Waals surface area contributed by atoms with Crippen LogP contribution in [0.1, 0.15) is 40.7 Å². The van der Waals surface area contributed by atoms with E-state index in [1.807, 2.05) is 6.07 Å². The Morgan fingerprint density at radius 3 is 2.14 bits per heavy atom. The van der Waals surface area contributed by atoms with E-state index in [0.29, 0.717) is 5.75 Å². The first-order chi connectivity index (χ1) is 10.0. The second-order valence-electron chi connectivity index (χ2n) is 6.22. The molecule has 1 N–H and O–H groups in total. The lowest BCUT2D eigenvalue weighted by atomic mass is 9.74. The minimum atomic E-state index is -0.103. The molecule has 4 rings (SSSR count). The van der Waals surface area contributed by atoms with E-state index in [1.165, 1.54) is 16.7 Å². The van der Waals surface area contributed by atoms with Crippen LogP contribution < -0.4 is 0 Å². The second-order valence-corrected chi connectivity index (χ2v) is 7.03. The van der Waals surface area contributed by atoms with E-state index in [1.54, 1.807) is 12.1 Å². The Hall–Kier alpha value is -1.18. The molecule has 21 heavy (non-hydrogen) atoms. The molecule has 1 spiro atoms. The number of hydrogen-bond donors (Lipinski definition) is 1. The zero-order valence-corrected chi connectivity index (χ0v) is 13.4. The van der Waals surface area contributed by atoms with Gasteiger partial charge in [-0.05, 0) is 73.1 Å². The summed E-state index contributed by atoms with van der Waals surface area (Å²) in [6.07, 6.45) is 3.91. The van der Waals surface area contributed by atoms with Crippen molar-refractivity contribution in [3.63, 3.8) is 0 Å². The molecule has 2 aromatic rings. The molecule has 2 aliphatic rings. The molecule has 1 nitrogen and oxygen atoms in total. The van der Waals surface area contributed by atoms with Crippen LogP contribution in [0.15, 0.2) is 24.3 Å². The molecule has 0 fully saturated rings. The van der Waals surface area contributed by atoms with Gasteiger partial charge in [0.2, 0.25) is 0 Å². The summed E-state index contributed by atoms with van der Waals surface area (Å²) in [6.45, 7) is 2.14. The van der Waals surface area contributed by atoms with Gasteiger partial charge in [0.05, 0.1) is 0 Å². The highest BCUT2D eigenvalue weighted by Crippen LogP contribution is 2.57. The Bertz CT molecular complexity index is 699. The van der Waals surface area contributed by atoms with E-state index < -0.39 is 0 Å². The highest BCUT2D eigenvalue weighted by atomic mass is 35.5. The van der Waals surface area contributed by atoms with Crippen LogP contribution >= 0.6 is 23.2 Å². The third kappa shape index (κ3) is 1.65. The highest BCUT2D eigenvalue weighted by Gasteiger charge is 2.48. The summed E-state index contributed by atoms with van der Waals surface area (Å²) in [5.41, 5.74) is 5.89. The lowest BCUT2D eigenvalue weighted by Crippen LogP contribution is -2.22. The SMILES string of the molecule is Cc1ccc(Cl)c2c1C1(CC2)CCc2c(Cl)ccc(O)c21. The quantitative estimate of drug-likeness (QED) is 0.709. The van der Waals surface area contributed by atoms with Gasteiger partial charge in [0, 0.05) is 21.0 Å². The Morgan fingerprint density at radius 2 is 1.48 bits per heavy atom. The summed E-state index contributed by atoms with van der Waals surface area (Å²) in [7, 11) is 0. The Morgan fingerprint density at radius 1 is 0.905 bits per heavy atom. The lowest BCUT2D eigenvalue weighted by molar-refractivity contribution is 0.435. The van der Waals surface area contributed by atoms with Crippen molar-refractivity contribution in [2.45, 2.75) is 38.0 Å². The van der Waals surface area contributed by atoms with Crippen LogP contribution in [0, 0.1) is 6.92 Å². The fourth-order valence-electron chi connectivity index (χ4n) is 4.47. The van der Waals surface area contributed by atoms with Crippen LogP contribution in [0.4, 0.5) is 0 Å². The molecule has 0 bridgehead atoms. The van der Waals surface area contributed by atoms with E-state index in [4.69, 9.17) is 23.2 Å². The van der Waals surface area contributed by atoms with Gasteiger partial charge in [0.25, 0.3) is 0 Å². The van der Waals surface area contributed by atoms with Crippen LogP contribution in [0.3, 0.4) is 0 Å². The molecule has 0 radical (unpaired) electrons. The van der Waals surface area contributed by atoms with Gasteiger partial charge in [0.15, 0.2) is 0 Å². The molecule has 0 saturated carbocycles. The molecule has 0 heterocycles. The second kappa shape index (κ2) is 4.41. The van der Waals surface area contributed by atoms with Crippen molar-refractivity contribution in [2.24, 2.45) is 0 Å². The van der Waals surface area contributed by atoms with E-state index in [2.05, 4.69) is 13.0 Å². The minimum absolute atomic E-state index is 0.103. The normalized spacial score (nSPS) is 22.6. The average Bonchev–Trinajstić information content (AvgIpc) is 3.04. The molecule has 2 aromatic carbocycles. The topological polar surface area (TPSA) is 20.2 Å². The van der Waals surface area contributed by atoms with Crippen molar-refractivity contribution < 1.29 is 5.11 Å². The van der Waals surface area contributed by atoms with E-state index >= 15 is 0 Å². The van der Waals surface area contributed by atoms with Crippen molar-refractivity contribution in [3.05, 3.63) is 62.1 Å². The van der Waals surface area contributed by atoms with Crippen molar-refractivity contribution in [2.75, 3.05) is 0 Å². The molecule has 0 aliphatic heterocycles. The molecule has 1 unspecified atom stereocenters. The lowest BCUT2D eigenvalue weighted by Gasteiger charge is -2.29. The molecule has 0 amide bonds. The zero-order chi connectivity index (χ0) is 14.8. The largest absolute Gasteiger partial charge is 0.508 e. The first kappa shape index (κ1) is 13.5. The average molecular weight is 319 g/mol. The van der Waals surface area contributed by atoms with Gasteiger partial charge in [-0.2, -0.15) is 0 Å². The van der Waals surface area contributed by atoms with Crippen molar-refractivity contribution in [1.29, 1.82) is 0 Å². The standard InChI is InChI=1S/C18H16Cl2O/c1-10-2-3-13(19)11-6-8-18(16(10)11)9-7-12-14(20)4-5-15(21)17(12)18/h2-5,21H,6-9H2,1H3. The van der Waals surface area contributed by atoms with Crippen molar-refractivity contribution in [1.82, 2.24) is 0 Å². The summed E-state index contributed by atoms with van der Waals surface area (Å²) in [5, 5.41) is 12.1. The fourth-order valence-corrected chi connectivity index (χ4v) is 4.97. The van der Waals surface area contributed by atoms with Crippen LogP contribution in [-0.4, -0.2) is 5.11 Å². The summed E-state index contributed by atoms with van der Waals surface area (Å²) in [4.78, 5) is 0. The first-order valence-corrected chi connectivity index (χ1v) is 8.09. The Labute approximate surface area is 134 Å². The van der Waals surface area contributed by atoms with E-state index in [-0.39, 0.29) is 5.41 Å². The van der Waals surface area contributed by atoms with Gasteiger partial charge in [-0.3, -0.25) is 0 Å². The molecule has 1 atom stereocenters. The first-order valence-electron chi connectivity index (χ1n) is 7.34. The summed E-state index contributed by atoms with van der Waals surface area (Å²) < 4.78 is 0. The molecule has 3 heteroatoms. The minimum Gasteiger partial charge on any atom is -0.508 e. The number of aryl methyl sites for hydroxylation is 1. The fraction of sp³-hybridized carbons (Fsp3) is 0.333. The predicted octanol–water partition coefficient (Wildman–Crippen LogP) is 5.19. The van der Waals surface area contributed by atoms with E-state index in [0.717, 1.165) is 46.9 Å². The van der Waals surface area contributed by atoms with Gasteiger partial charge in [-0.15, -0.1) is 0 Å². The van der Waals surface area contributed by atoms with Gasteiger partial charge < -0.3 is 5.11 Å². The molecule has 0 aromatic heterocycles. The van der Waals surface area contributed by atoms with E-state index in [9.17, 15) is 5.11 Å². The number of rotatable bonds is 0. The smallest absolute Gasteiger partial charge is 0.120 e. The maximum atomic E-state index is 10.5. The number of halogens is 2. The third-order valence-corrected chi connectivity index (χ3v) is 5.97. The molecular weight excluding hydrogens is 303 g/mol. The Balaban J connectivity index is 2.05. The van der Waals surface area contributed by atoms with Crippen LogP contribution in [-0.2, 0) is 18.3 Å². The number of benzene rings is 2. The van der Waals surface area contributed by atoms with Gasteiger partial charge >= 0.3 is 0 Å². The Kier molecular flexibility index (Phi) is 2.83. The number of phenolic OH excluding ortho intramolecular Hbond substituents is 1. The van der Waals surface area contributed by atoms with Crippen LogP contribution in [0.25, 0.3) is 0 Å². The maximum Gasteiger partial charge on any atom is 0.120 e. The van der Waals surface area contributed by atoms with Crippen molar-refractivity contribution in [3.8, 4) is 5.75 Å². The number of hydrogen-bond acceptors (Lipinski definition) is 1. The number of fused-ring (bicyclic) bond motifs is 4. The van der Waals surface area contributed by atoms with Gasteiger partial charge in [0.1, 0.15) is 5.75 Å².